The van der Waals surface area contributed by atoms with Crippen molar-refractivity contribution in [3.8, 4) is 0 Å². The Morgan fingerprint density at radius 2 is 2.12 bits per heavy atom. The van der Waals surface area contributed by atoms with Crippen LogP contribution in [0.15, 0.2) is 30.6 Å². The van der Waals surface area contributed by atoms with Crippen molar-refractivity contribution in [3.63, 3.8) is 0 Å². The molecule has 0 fully saturated rings. The van der Waals surface area contributed by atoms with Gasteiger partial charge in [0.2, 0.25) is 0 Å². The molecule has 0 saturated heterocycles. The molecule has 1 aliphatic rings. The number of alkyl halides is 1. The first-order valence-corrected chi connectivity index (χ1v) is 6.20. The molecule has 1 aliphatic carbocycles. The van der Waals surface area contributed by atoms with E-state index >= 15 is 0 Å². The summed E-state index contributed by atoms with van der Waals surface area (Å²) in [4.78, 5) is 0. The fraction of sp³-hybridized carbons (Fsp3) is 0.385. The van der Waals surface area contributed by atoms with Crippen LogP contribution in [0.3, 0.4) is 0 Å². The molecule has 0 spiro atoms. The Labute approximate surface area is 102 Å². The number of anilines is 1. The van der Waals surface area contributed by atoms with Gasteiger partial charge in [-0.2, -0.15) is 0 Å². The minimum Gasteiger partial charge on any atom is -0.371 e. The van der Waals surface area contributed by atoms with Crippen LogP contribution >= 0.6 is 11.6 Å². The van der Waals surface area contributed by atoms with Crippen molar-refractivity contribution in [1.29, 1.82) is 0 Å². The van der Waals surface area contributed by atoms with Crippen molar-refractivity contribution in [1.82, 2.24) is 5.32 Å². The standard InChI is InChI=1S/C13H17ClN2/c1-10(15-8-7-14)16-13-6-5-11-3-2-4-12(11)9-13/h5-6,9,15-16H,1-4,7-8H2. The SMILES string of the molecule is C=C(NCCCl)Nc1ccc2c(c1)CCC2. The number of benzene rings is 1. The molecule has 0 unspecified atom stereocenters. The molecule has 0 aromatic heterocycles. The summed E-state index contributed by atoms with van der Waals surface area (Å²) in [5.74, 6) is 1.39. The highest BCUT2D eigenvalue weighted by atomic mass is 35.5. The minimum absolute atomic E-state index is 0.588. The van der Waals surface area contributed by atoms with Gasteiger partial charge in [0.15, 0.2) is 0 Å². The van der Waals surface area contributed by atoms with Crippen LogP contribution in [0, 0.1) is 0 Å². The second kappa shape index (κ2) is 5.26. The van der Waals surface area contributed by atoms with E-state index in [1.165, 1.54) is 30.4 Å². The molecule has 0 bridgehead atoms. The Balaban J connectivity index is 1.97. The van der Waals surface area contributed by atoms with Crippen molar-refractivity contribution in [2.45, 2.75) is 19.3 Å². The molecule has 16 heavy (non-hydrogen) atoms. The molecule has 1 aromatic carbocycles. The summed E-state index contributed by atoms with van der Waals surface area (Å²) in [7, 11) is 0. The molecule has 0 aliphatic heterocycles. The van der Waals surface area contributed by atoms with Gasteiger partial charge in [-0.25, -0.2) is 0 Å². The monoisotopic (exact) mass is 236 g/mol. The number of rotatable bonds is 5. The molecule has 0 heterocycles. The van der Waals surface area contributed by atoms with Crippen LogP contribution < -0.4 is 10.6 Å². The molecule has 0 saturated carbocycles. The molecule has 0 atom stereocenters. The summed E-state index contributed by atoms with van der Waals surface area (Å²) in [6.07, 6.45) is 3.71. The number of fused-ring (bicyclic) bond motifs is 1. The molecular formula is C13H17ClN2. The van der Waals surface area contributed by atoms with Crippen molar-refractivity contribution in [2.24, 2.45) is 0 Å². The first-order chi connectivity index (χ1) is 7.79. The van der Waals surface area contributed by atoms with E-state index in [1.54, 1.807) is 0 Å². The molecule has 86 valence electrons. The van der Waals surface area contributed by atoms with Crippen molar-refractivity contribution >= 4 is 17.3 Å². The van der Waals surface area contributed by atoms with E-state index in [4.69, 9.17) is 11.6 Å². The van der Waals surface area contributed by atoms with E-state index in [9.17, 15) is 0 Å². The maximum absolute atomic E-state index is 5.59. The van der Waals surface area contributed by atoms with E-state index in [0.29, 0.717) is 5.88 Å². The minimum atomic E-state index is 0.588. The average Bonchev–Trinajstić information content (AvgIpc) is 2.73. The summed E-state index contributed by atoms with van der Waals surface area (Å²) < 4.78 is 0. The van der Waals surface area contributed by atoms with Gasteiger partial charge in [-0.05, 0) is 42.5 Å². The summed E-state index contributed by atoms with van der Waals surface area (Å²) in [5, 5.41) is 6.35. The topological polar surface area (TPSA) is 24.1 Å². The van der Waals surface area contributed by atoms with E-state index in [1.807, 2.05) is 0 Å². The third-order valence-electron chi connectivity index (χ3n) is 2.83. The van der Waals surface area contributed by atoms with Gasteiger partial charge in [-0.3, -0.25) is 0 Å². The largest absolute Gasteiger partial charge is 0.371 e. The highest BCUT2D eigenvalue weighted by molar-refractivity contribution is 6.18. The Bertz CT molecular complexity index is 388. The van der Waals surface area contributed by atoms with E-state index < -0.39 is 0 Å². The van der Waals surface area contributed by atoms with Crippen LogP contribution in [0.25, 0.3) is 0 Å². The molecule has 2 rings (SSSR count). The summed E-state index contributed by atoms with van der Waals surface area (Å²) in [5.41, 5.74) is 4.06. The fourth-order valence-corrected chi connectivity index (χ4v) is 2.16. The number of hydrogen-bond acceptors (Lipinski definition) is 2. The molecule has 2 N–H and O–H groups in total. The van der Waals surface area contributed by atoms with E-state index in [2.05, 4.69) is 35.4 Å². The zero-order chi connectivity index (χ0) is 11.4. The number of halogens is 1. The second-order valence-corrected chi connectivity index (χ2v) is 4.43. The lowest BCUT2D eigenvalue weighted by Gasteiger charge is -2.12. The Morgan fingerprint density at radius 3 is 2.94 bits per heavy atom. The normalized spacial score (nSPS) is 13.3. The lowest BCUT2D eigenvalue weighted by molar-refractivity contribution is 0.868. The van der Waals surface area contributed by atoms with Gasteiger partial charge in [-0.1, -0.05) is 12.6 Å². The molecule has 1 aromatic rings. The van der Waals surface area contributed by atoms with Gasteiger partial charge in [0.1, 0.15) is 0 Å². The van der Waals surface area contributed by atoms with Gasteiger partial charge >= 0.3 is 0 Å². The summed E-state index contributed by atoms with van der Waals surface area (Å²) in [6.45, 7) is 4.63. The van der Waals surface area contributed by atoms with Crippen LogP contribution in [0.4, 0.5) is 5.69 Å². The first-order valence-electron chi connectivity index (χ1n) is 5.67. The third kappa shape index (κ3) is 2.70. The smallest absolute Gasteiger partial charge is 0.0957 e. The van der Waals surface area contributed by atoms with Crippen molar-refractivity contribution in [3.05, 3.63) is 41.7 Å². The highest BCUT2D eigenvalue weighted by Gasteiger charge is 2.10. The number of aryl methyl sites for hydroxylation is 2. The maximum atomic E-state index is 5.59. The molecule has 3 heteroatoms. The first kappa shape index (κ1) is 11.3. The van der Waals surface area contributed by atoms with Crippen LogP contribution in [-0.4, -0.2) is 12.4 Å². The predicted molar refractivity (Wildman–Crippen MR) is 70.0 cm³/mol. The predicted octanol–water partition coefficient (Wildman–Crippen LogP) is 2.89. The number of nitrogens with one attached hydrogen (secondary N) is 2. The fourth-order valence-electron chi connectivity index (χ4n) is 2.07. The zero-order valence-electron chi connectivity index (χ0n) is 9.35. The lowest BCUT2D eigenvalue weighted by Crippen LogP contribution is -2.20. The van der Waals surface area contributed by atoms with Crippen LogP contribution in [0.2, 0.25) is 0 Å². The van der Waals surface area contributed by atoms with Gasteiger partial charge < -0.3 is 10.6 Å². The molecule has 2 nitrogen and oxygen atoms in total. The lowest BCUT2D eigenvalue weighted by atomic mass is 10.1. The van der Waals surface area contributed by atoms with Crippen LogP contribution in [-0.2, 0) is 12.8 Å². The Hall–Kier alpha value is -1.15. The van der Waals surface area contributed by atoms with Gasteiger partial charge in [-0.15, -0.1) is 11.6 Å². The van der Waals surface area contributed by atoms with Gasteiger partial charge in [0.05, 0.1) is 5.82 Å². The summed E-state index contributed by atoms with van der Waals surface area (Å²) in [6, 6.07) is 6.53. The highest BCUT2D eigenvalue weighted by Crippen LogP contribution is 2.25. The molecule has 0 radical (unpaired) electrons. The zero-order valence-corrected chi connectivity index (χ0v) is 10.1. The van der Waals surface area contributed by atoms with E-state index in [0.717, 1.165) is 18.1 Å². The van der Waals surface area contributed by atoms with Crippen molar-refractivity contribution in [2.75, 3.05) is 17.7 Å². The van der Waals surface area contributed by atoms with Crippen LogP contribution in [0.5, 0.6) is 0 Å². The molecule has 0 amide bonds. The van der Waals surface area contributed by atoms with Gasteiger partial charge in [0.25, 0.3) is 0 Å². The number of hydrogen-bond donors (Lipinski definition) is 2. The summed E-state index contributed by atoms with van der Waals surface area (Å²) >= 11 is 5.59. The third-order valence-corrected chi connectivity index (χ3v) is 3.02. The Morgan fingerprint density at radius 1 is 1.31 bits per heavy atom. The second-order valence-electron chi connectivity index (χ2n) is 4.06. The maximum Gasteiger partial charge on any atom is 0.0957 e. The molecular weight excluding hydrogens is 220 g/mol. The average molecular weight is 237 g/mol. The van der Waals surface area contributed by atoms with Crippen molar-refractivity contribution < 1.29 is 0 Å². The van der Waals surface area contributed by atoms with E-state index in [-0.39, 0.29) is 0 Å². The Kier molecular flexibility index (Phi) is 3.73. The van der Waals surface area contributed by atoms with Crippen LogP contribution in [0.1, 0.15) is 17.5 Å². The quantitative estimate of drug-likeness (QED) is 0.769. The van der Waals surface area contributed by atoms with Gasteiger partial charge in [0, 0.05) is 18.1 Å².